The van der Waals surface area contributed by atoms with Crippen LogP contribution in [0.2, 0.25) is 0 Å². The summed E-state index contributed by atoms with van der Waals surface area (Å²) in [5.41, 5.74) is 1.17. The van der Waals surface area contributed by atoms with Gasteiger partial charge in [0.25, 0.3) is 0 Å². The van der Waals surface area contributed by atoms with Crippen LogP contribution in [-0.2, 0) is 4.79 Å². The average Bonchev–Trinajstić information content (AvgIpc) is 2.38. The molecule has 0 amide bonds. The zero-order chi connectivity index (χ0) is 14.0. The number of carbonyl (C=O) groups is 1. The van der Waals surface area contributed by atoms with Crippen LogP contribution in [0, 0.1) is 0 Å². The molecule has 4 nitrogen and oxygen atoms in total. The molecule has 2 rings (SSSR count). The van der Waals surface area contributed by atoms with Gasteiger partial charge in [-0.05, 0) is 50.1 Å². The van der Waals surface area contributed by atoms with Gasteiger partial charge in [-0.2, -0.15) is 0 Å². The van der Waals surface area contributed by atoms with Crippen LogP contribution in [-0.4, -0.2) is 18.6 Å². The van der Waals surface area contributed by atoms with Crippen LogP contribution in [0.5, 0.6) is 11.5 Å². The number of Topliss-reactive ketones (excluding diaryl/α,β-unsaturated/α-hetero) is 1. The van der Waals surface area contributed by atoms with E-state index in [4.69, 9.17) is 4.74 Å². The number of benzene rings is 1. The molecule has 1 aliphatic rings. The fraction of sp³-hybridized carbons (Fsp3) is 0.0769. The Labute approximate surface area is 155 Å². The Kier molecular flexibility index (Phi) is 6.68. The van der Waals surface area contributed by atoms with E-state index in [2.05, 4.69) is 36.9 Å². The van der Waals surface area contributed by atoms with Gasteiger partial charge in [-0.15, -0.1) is 0 Å². The van der Waals surface area contributed by atoms with Crippen LogP contribution in [0.3, 0.4) is 0 Å². The van der Waals surface area contributed by atoms with E-state index in [0.717, 1.165) is 0 Å². The van der Waals surface area contributed by atoms with E-state index < -0.39 is 0 Å². The maximum absolute atomic E-state index is 11.5. The van der Waals surface area contributed by atoms with Crippen molar-refractivity contribution in [1.29, 1.82) is 0 Å². The van der Waals surface area contributed by atoms with Crippen LogP contribution < -0.4 is 39.4 Å². The topological polar surface area (TPSA) is 61.7 Å². The molecule has 0 fully saturated rings. The Morgan fingerprint density at radius 1 is 1.20 bits per heavy atom. The number of hydrogen-bond acceptors (Lipinski definition) is 4. The fourth-order valence-electron chi connectivity index (χ4n) is 1.49. The van der Waals surface area contributed by atoms with Crippen LogP contribution in [0.1, 0.15) is 0 Å². The molecule has 0 aliphatic heterocycles. The second kappa shape index (κ2) is 7.56. The number of ether oxygens (including phenoxy) is 1. The zero-order valence-corrected chi connectivity index (χ0v) is 16.0. The molecule has 0 bridgehead atoms. The van der Waals surface area contributed by atoms with Crippen molar-refractivity contribution >= 4 is 49.0 Å². The Morgan fingerprint density at radius 3 is 2.35 bits per heavy atom. The minimum atomic E-state index is -0.196. The molecule has 20 heavy (non-hydrogen) atoms. The Morgan fingerprint density at radius 2 is 1.80 bits per heavy atom. The van der Waals surface area contributed by atoms with Crippen LogP contribution >= 0.6 is 31.9 Å². The monoisotopic (exact) mass is 407 g/mol. The maximum atomic E-state index is 11.5. The summed E-state index contributed by atoms with van der Waals surface area (Å²) in [5.74, 6) is -0.0926. The second-order valence-electron chi connectivity index (χ2n) is 3.69. The van der Waals surface area contributed by atoms with E-state index in [-0.39, 0.29) is 46.8 Å². The Bertz CT molecular complexity index is 615. The standard InChI is InChI=1S/C13H9Br2NO3.Na/c1-19-12-6-7(2-3-11(12)17)16-8-4-9(14)13(18)10(15)5-8;/h2-6,17H,1H3;/q;+1/p-1. The number of aliphatic imine (C=N–C) groups is 1. The van der Waals surface area contributed by atoms with Gasteiger partial charge in [-0.1, -0.05) is 11.8 Å². The molecule has 0 spiro atoms. The number of rotatable bonds is 2. The summed E-state index contributed by atoms with van der Waals surface area (Å²) in [6, 6.07) is 4.54. The number of ketones is 1. The first-order chi connectivity index (χ1) is 9.01. The first kappa shape index (κ1) is 17.7. The summed E-state index contributed by atoms with van der Waals surface area (Å²) in [5, 5.41) is 11.4. The molecule has 0 unspecified atom stereocenters. The van der Waals surface area contributed by atoms with E-state index in [0.29, 0.717) is 20.4 Å². The zero-order valence-electron chi connectivity index (χ0n) is 10.8. The normalized spacial score (nSPS) is 14.2. The van der Waals surface area contributed by atoms with Crippen LogP contribution in [0.4, 0.5) is 5.69 Å². The second-order valence-corrected chi connectivity index (χ2v) is 5.39. The van der Waals surface area contributed by atoms with Crippen molar-refractivity contribution < 1.29 is 44.2 Å². The van der Waals surface area contributed by atoms with Gasteiger partial charge < -0.3 is 9.84 Å². The quantitative estimate of drug-likeness (QED) is 0.510. The molecular formula is C13H8Br2NNaO3. The molecule has 0 N–H and O–H groups in total. The third-order valence-electron chi connectivity index (χ3n) is 2.39. The maximum Gasteiger partial charge on any atom is 1.00 e. The van der Waals surface area contributed by atoms with Crippen molar-refractivity contribution in [2.24, 2.45) is 4.99 Å². The summed E-state index contributed by atoms with van der Waals surface area (Å²) in [7, 11) is 1.43. The van der Waals surface area contributed by atoms with E-state index in [1.54, 1.807) is 24.3 Å². The number of carbonyl (C=O) groups excluding carboxylic acids is 1. The summed E-state index contributed by atoms with van der Waals surface area (Å²) in [6.07, 6.45) is 3.23. The molecule has 0 heterocycles. The molecular weight excluding hydrogens is 401 g/mol. The van der Waals surface area contributed by atoms with Gasteiger partial charge in [0.05, 0.1) is 27.5 Å². The van der Waals surface area contributed by atoms with Gasteiger partial charge >= 0.3 is 29.6 Å². The van der Waals surface area contributed by atoms with Crippen LogP contribution in [0.25, 0.3) is 0 Å². The van der Waals surface area contributed by atoms with Crippen molar-refractivity contribution in [3.8, 4) is 11.5 Å². The predicted molar refractivity (Wildman–Crippen MR) is 78.6 cm³/mol. The van der Waals surface area contributed by atoms with Gasteiger partial charge in [0, 0.05) is 6.07 Å². The smallest absolute Gasteiger partial charge is 0.870 e. The van der Waals surface area contributed by atoms with Gasteiger partial charge in [0.2, 0.25) is 5.78 Å². The Hall–Kier alpha value is -0.400. The molecule has 7 heteroatoms. The van der Waals surface area contributed by atoms with Gasteiger partial charge in [-0.25, -0.2) is 4.99 Å². The minimum Gasteiger partial charge on any atom is -0.870 e. The van der Waals surface area contributed by atoms with E-state index in [1.807, 2.05) is 0 Å². The minimum absolute atomic E-state index is 0. The van der Waals surface area contributed by atoms with E-state index in [1.165, 1.54) is 13.2 Å². The number of allylic oxidation sites excluding steroid dienone is 4. The fourth-order valence-corrected chi connectivity index (χ4v) is 2.65. The number of methoxy groups -OCH3 is 1. The Balaban J connectivity index is 0.00000200. The molecule has 1 aromatic carbocycles. The average molecular weight is 409 g/mol. The molecule has 0 aromatic heterocycles. The first-order valence-electron chi connectivity index (χ1n) is 5.24. The SMILES string of the molecule is COc1cc(N=C2C=C(Br)C(=O)C(Br)=C2)ccc1[O-].[Na+]. The molecule has 0 saturated carbocycles. The van der Waals surface area contributed by atoms with E-state index in [9.17, 15) is 9.90 Å². The third-order valence-corrected chi connectivity index (χ3v) is 3.57. The van der Waals surface area contributed by atoms with Crippen molar-refractivity contribution in [2.75, 3.05) is 7.11 Å². The summed E-state index contributed by atoms with van der Waals surface area (Å²) in [6.45, 7) is 0. The van der Waals surface area contributed by atoms with Crippen molar-refractivity contribution in [2.45, 2.75) is 0 Å². The van der Waals surface area contributed by atoms with E-state index >= 15 is 0 Å². The van der Waals surface area contributed by atoms with Crippen molar-refractivity contribution in [3.63, 3.8) is 0 Å². The molecule has 1 aliphatic carbocycles. The molecule has 98 valence electrons. The third kappa shape index (κ3) is 4.05. The summed E-state index contributed by atoms with van der Waals surface area (Å²) in [4.78, 5) is 15.9. The summed E-state index contributed by atoms with van der Waals surface area (Å²) >= 11 is 6.35. The molecule has 0 radical (unpaired) electrons. The van der Waals surface area contributed by atoms with Gasteiger partial charge in [0.1, 0.15) is 5.75 Å². The largest absolute Gasteiger partial charge is 1.00 e. The molecule has 0 atom stereocenters. The van der Waals surface area contributed by atoms with Gasteiger partial charge in [-0.3, -0.25) is 4.79 Å². The molecule has 0 saturated heterocycles. The first-order valence-corrected chi connectivity index (χ1v) is 6.82. The number of halogens is 2. The summed E-state index contributed by atoms with van der Waals surface area (Å²) < 4.78 is 5.80. The van der Waals surface area contributed by atoms with Gasteiger partial charge in [0.15, 0.2) is 0 Å². The molecule has 1 aromatic rings. The number of hydrogen-bond donors (Lipinski definition) is 0. The van der Waals surface area contributed by atoms with Crippen molar-refractivity contribution in [3.05, 3.63) is 39.3 Å². The number of nitrogens with zero attached hydrogens (tertiary/aromatic N) is 1. The van der Waals surface area contributed by atoms with Crippen LogP contribution in [0.15, 0.2) is 44.3 Å². The van der Waals surface area contributed by atoms with Crippen molar-refractivity contribution in [1.82, 2.24) is 0 Å². The predicted octanol–water partition coefficient (Wildman–Crippen LogP) is -0.0144.